The Hall–Kier alpha value is -0.883. The van der Waals surface area contributed by atoms with E-state index in [0.717, 1.165) is 5.56 Å². The van der Waals surface area contributed by atoms with Crippen molar-refractivity contribution >= 4 is 8.80 Å². The molecule has 0 radical (unpaired) electrons. The summed E-state index contributed by atoms with van der Waals surface area (Å²) in [7, 11) is -3.56. The second-order valence-electron chi connectivity index (χ2n) is 4.72. The fourth-order valence-electron chi connectivity index (χ4n) is 1.28. The minimum Gasteiger partial charge on any atom is -0.488 e. The lowest BCUT2D eigenvalue weighted by molar-refractivity contribution is 0.131. The molecule has 0 aliphatic carbocycles. The van der Waals surface area contributed by atoms with Crippen LogP contribution in [0.2, 0.25) is 0 Å². The largest absolute Gasteiger partial charge is 0.497 e. The van der Waals surface area contributed by atoms with Crippen molar-refractivity contribution in [3.8, 4) is 5.75 Å². The molecule has 0 saturated heterocycles. The van der Waals surface area contributed by atoms with Gasteiger partial charge in [-0.2, -0.15) is 0 Å². The Morgan fingerprint density at radius 1 is 1.19 bits per heavy atom. The standard InChI is InChI=1S/C11H18O4Si/c1-11(2,3)15-10-6-4-9(5-7-10)8-16(12,13)14/h4-7,12-14H,8H2,1-3H3/i12T,13T,14T. The van der Waals surface area contributed by atoms with Gasteiger partial charge in [-0.05, 0) is 38.5 Å². The summed E-state index contributed by atoms with van der Waals surface area (Å²) >= 11 is 0. The Morgan fingerprint density at radius 2 is 1.75 bits per heavy atom. The summed E-state index contributed by atoms with van der Waals surface area (Å²) in [5, 5.41) is 0. The third kappa shape index (κ3) is 5.27. The molecule has 0 spiro atoms. The first kappa shape index (κ1) is 9.18. The minimum atomic E-state index is -3.56. The first-order valence-electron chi connectivity index (χ1n) is 6.27. The molecular weight excluding hydrogens is 224 g/mol. The van der Waals surface area contributed by atoms with Crippen LogP contribution in [0, 0.1) is 0 Å². The van der Waals surface area contributed by atoms with E-state index in [0.29, 0.717) is 5.75 Å². The third-order valence-electron chi connectivity index (χ3n) is 1.77. The molecule has 1 rings (SSSR count). The van der Waals surface area contributed by atoms with Gasteiger partial charge in [0.25, 0.3) is 0 Å². The fourth-order valence-corrected chi connectivity index (χ4v) is 2.01. The molecule has 0 bridgehead atoms. The second-order valence-corrected chi connectivity index (χ2v) is 6.44. The highest BCUT2D eigenvalue weighted by Crippen LogP contribution is 2.19. The van der Waals surface area contributed by atoms with Crippen LogP contribution in [-0.4, -0.2) is 33.1 Å². The van der Waals surface area contributed by atoms with E-state index in [-0.39, 0.29) is 11.6 Å². The Balaban J connectivity index is 2.76. The zero-order chi connectivity index (χ0) is 14.5. The van der Waals surface area contributed by atoms with Crippen molar-refractivity contribution in [3.63, 3.8) is 0 Å². The Kier molecular flexibility index (Phi) is 2.61. The molecule has 5 heteroatoms. The summed E-state index contributed by atoms with van der Waals surface area (Å²) in [5.41, 5.74) is 0.471. The quantitative estimate of drug-likeness (QED) is 0.653. The van der Waals surface area contributed by atoms with E-state index in [9.17, 15) is 0 Å². The number of rotatable bonds is 6. The summed E-state index contributed by atoms with van der Waals surface area (Å²) < 4.78 is 26.3. The van der Waals surface area contributed by atoms with Crippen LogP contribution in [0.5, 0.6) is 5.75 Å². The number of hydrogen-bond acceptors (Lipinski definition) is 4. The Morgan fingerprint density at radius 3 is 2.19 bits per heavy atom. The van der Waals surface area contributed by atoms with Crippen molar-refractivity contribution in [1.29, 1.82) is 4.29 Å². The van der Waals surface area contributed by atoms with Crippen LogP contribution in [0.4, 0.5) is 0 Å². The van der Waals surface area contributed by atoms with Gasteiger partial charge >= 0.3 is 8.80 Å². The molecule has 1 aromatic rings. The maximum absolute atomic E-state index is 6.86. The van der Waals surface area contributed by atoms with E-state index >= 15 is 0 Å². The van der Waals surface area contributed by atoms with Crippen LogP contribution in [0.1, 0.15) is 26.3 Å². The highest BCUT2D eigenvalue weighted by Gasteiger charge is 2.27. The predicted molar refractivity (Wildman–Crippen MR) is 62.9 cm³/mol. The molecule has 0 saturated carbocycles. The van der Waals surface area contributed by atoms with E-state index in [1.54, 1.807) is 24.3 Å². The summed E-state index contributed by atoms with van der Waals surface area (Å²) in [6.07, 6.45) is 0. The van der Waals surface area contributed by atoms with Crippen LogP contribution in [0.25, 0.3) is 0 Å². The predicted octanol–water partition coefficient (Wildman–Crippen LogP) is 0.861. The monoisotopic (exact) mass is 248 g/mol. The smallest absolute Gasteiger partial charge is 0.488 e. The van der Waals surface area contributed by atoms with Crippen LogP contribution in [0.3, 0.4) is 0 Å². The third-order valence-corrected chi connectivity index (χ3v) is 2.61. The lowest BCUT2D eigenvalue weighted by Crippen LogP contribution is -2.37. The molecule has 1 aromatic carbocycles. The molecule has 0 amide bonds. The number of hydrogen-bond donors (Lipinski definition) is 3. The van der Waals surface area contributed by atoms with E-state index in [2.05, 4.69) is 14.4 Å². The van der Waals surface area contributed by atoms with Gasteiger partial charge in [-0.25, -0.2) is 0 Å². The number of benzene rings is 1. The molecule has 90 valence electrons. The van der Waals surface area contributed by atoms with Gasteiger partial charge < -0.3 is 19.1 Å². The van der Waals surface area contributed by atoms with Gasteiger partial charge in [0.2, 0.25) is 0 Å². The molecule has 3 N–H and O–H groups in total. The van der Waals surface area contributed by atoms with Crippen LogP contribution < -0.4 is 4.74 Å². The topological polar surface area (TPSA) is 69.9 Å². The summed E-state index contributed by atoms with van der Waals surface area (Å²) in [5.74, 6) is 0.717. The van der Waals surface area contributed by atoms with Gasteiger partial charge in [-0.15, -0.1) is 0 Å². The molecule has 4 nitrogen and oxygen atoms in total. The Bertz CT molecular complexity index is 382. The second kappa shape index (κ2) is 4.55. The van der Waals surface area contributed by atoms with Crippen molar-refractivity contribution in [1.82, 2.24) is 0 Å². The maximum Gasteiger partial charge on any atom is 0.497 e. The summed E-state index contributed by atoms with van der Waals surface area (Å²) in [4.78, 5) is 12.9. The van der Waals surface area contributed by atoms with Gasteiger partial charge in [0.15, 0.2) is 4.29 Å². The van der Waals surface area contributed by atoms with Crippen LogP contribution in [-0.2, 0) is 6.04 Å². The highest BCUT2D eigenvalue weighted by atomic mass is 28.4. The van der Waals surface area contributed by atoms with Gasteiger partial charge in [0.05, 0.1) is 0 Å². The van der Waals surface area contributed by atoms with Crippen molar-refractivity contribution in [2.75, 3.05) is 0 Å². The van der Waals surface area contributed by atoms with Crippen molar-refractivity contribution in [3.05, 3.63) is 29.8 Å². The average molecular weight is 248 g/mol. The molecule has 0 aliphatic heterocycles. The van der Waals surface area contributed by atoms with Gasteiger partial charge in [0, 0.05) is 6.04 Å². The van der Waals surface area contributed by atoms with E-state index < -0.39 is 8.80 Å². The first-order chi connectivity index (χ1) is 8.84. The van der Waals surface area contributed by atoms with E-state index in [1.807, 2.05) is 20.8 Å². The summed E-state index contributed by atoms with van der Waals surface area (Å²) in [6.45, 7) is 5.86. The van der Waals surface area contributed by atoms with Crippen LogP contribution >= 0.6 is 0 Å². The van der Waals surface area contributed by atoms with E-state index in [1.165, 1.54) is 0 Å². The van der Waals surface area contributed by atoms with Crippen LogP contribution in [0.15, 0.2) is 24.3 Å². The number of ether oxygens (including phenoxy) is 1. The fraction of sp³-hybridized carbons (Fsp3) is 0.455. The molecule has 0 unspecified atom stereocenters. The van der Waals surface area contributed by atoms with Gasteiger partial charge in [-0.1, -0.05) is 12.1 Å². The van der Waals surface area contributed by atoms with Gasteiger partial charge in [-0.3, -0.25) is 0 Å². The average Bonchev–Trinajstić information content (AvgIpc) is 2.37. The molecule has 0 heterocycles. The maximum atomic E-state index is 6.86. The molecule has 0 atom stereocenters. The molecule has 0 aliphatic rings. The molecule has 0 fully saturated rings. The zero-order valence-electron chi connectivity index (χ0n) is 12.6. The molecule has 16 heavy (non-hydrogen) atoms. The zero-order valence-corrected chi connectivity index (χ0v) is 10.6. The lowest BCUT2D eigenvalue weighted by atomic mass is 10.2. The normalized spacial score (nSPS) is 15.1. The molecular formula is C11H18O4Si. The first-order valence-corrected chi connectivity index (χ1v) is 6.98. The minimum absolute atomic E-state index is 0.0826. The lowest BCUT2D eigenvalue weighted by Gasteiger charge is -2.21. The SMILES string of the molecule is [3H]O[Si](Cc1ccc(OC(C)(C)C)cc1)(O[3H])O[3H]. The Labute approximate surface area is 101 Å². The van der Waals surface area contributed by atoms with Crippen molar-refractivity contribution < 1.29 is 19.1 Å². The molecule has 0 aromatic heterocycles. The van der Waals surface area contributed by atoms with E-state index in [4.69, 9.17) is 9.03 Å². The highest BCUT2D eigenvalue weighted by molar-refractivity contribution is 6.55. The summed E-state index contributed by atoms with van der Waals surface area (Å²) in [6, 6.07) is 7.16. The van der Waals surface area contributed by atoms with Gasteiger partial charge in [0.1, 0.15) is 11.4 Å². The van der Waals surface area contributed by atoms with Crippen molar-refractivity contribution in [2.45, 2.75) is 32.4 Å². The van der Waals surface area contributed by atoms with Crippen molar-refractivity contribution in [2.24, 2.45) is 0 Å².